The number of hydrogen-bond donors (Lipinski definition) is 1. The number of alkyl halides is 3. The van der Waals surface area contributed by atoms with Gasteiger partial charge in [-0.3, -0.25) is 10.1 Å². The minimum atomic E-state index is -4.67. The summed E-state index contributed by atoms with van der Waals surface area (Å²) in [6.07, 6.45) is -3.04. The number of piperidine rings is 1. The summed E-state index contributed by atoms with van der Waals surface area (Å²) in [5.41, 5.74) is -1.77. The summed E-state index contributed by atoms with van der Waals surface area (Å²) in [5, 5.41) is 13.8. The molecule has 6 nitrogen and oxygen atoms in total. The van der Waals surface area contributed by atoms with Crippen molar-refractivity contribution in [2.75, 3.05) is 13.1 Å². The summed E-state index contributed by atoms with van der Waals surface area (Å²) >= 11 is 0. The molecule has 110 valence electrons. The Morgan fingerprint density at radius 1 is 1.50 bits per heavy atom. The molecule has 0 saturated carbocycles. The van der Waals surface area contributed by atoms with Crippen molar-refractivity contribution in [3.05, 3.63) is 28.1 Å². The molecule has 1 aromatic heterocycles. The van der Waals surface area contributed by atoms with Crippen LogP contribution in [0.1, 0.15) is 18.5 Å². The molecular weight excluding hydrogens is 279 g/mol. The van der Waals surface area contributed by atoms with Gasteiger partial charge in [0.05, 0.1) is 4.92 Å². The van der Waals surface area contributed by atoms with Gasteiger partial charge in [0.2, 0.25) is 5.75 Å². The second-order valence-electron chi connectivity index (χ2n) is 4.38. The predicted molar refractivity (Wildman–Crippen MR) is 62.4 cm³/mol. The average Bonchev–Trinajstić information content (AvgIpc) is 2.38. The first-order chi connectivity index (χ1) is 9.38. The number of aromatic nitrogens is 1. The van der Waals surface area contributed by atoms with Crippen LogP contribution in [0.2, 0.25) is 0 Å². The zero-order valence-electron chi connectivity index (χ0n) is 10.3. The third kappa shape index (κ3) is 3.35. The van der Waals surface area contributed by atoms with Gasteiger partial charge in [-0.25, -0.2) is 4.98 Å². The highest BCUT2D eigenvalue weighted by Gasteiger charge is 2.35. The number of nitro groups is 1. The minimum absolute atomic E-state index is 0.383. The van der Waals surface area contributed by atoms with E-state index in [1.165, 1.54) is 0 Å². The van der Waals surface area contributed by atoms with Gasteiger partial charge in [0.1, 0.15) is 18.0 Å². The van der Waals surface area contributed by atoms with E-state index in [2.05, 4.69) is 10.3 Å². The van der Waals surface area contributed by atoms with Gasteiger partial charge in [0.15, 0.2) is 0 Å². The minimum Gasteiger partial charge on any atom is -0.482 e. The zero-order chi connectivity index (χ0) is 14.8. The lowest BCUT2D eigenvalue weighted by Gasteiger charge is -2.23. The number of nitrogens with zero attached hydrogens (tertiary/aromatic N) is 2. The highest BCUT2D eigenvalue weighted by molar-refractivity contribution is 5.45. The van der Waals surface area contributed by atoms with Crippen LogP contribution < -0.4 is 10.1 Å². The van der Waals surface area contributed by atoms with Crippen molar-refractivity contribution in [3.8, 4) is 5.75 Å². The second-order valence-corrected chi connectivity index (χ2v) is 4.38. The highest BCUT2D eigenvalue weighted by atomic mass is 19.4. The molecular formula is C11H12F3N3O3. The molecule has 0 spiro atoms. The van der Waals surface area contributed by atoms with Crippen LogP contribution in [-0.2, 0) is 6.18 Å². The van der Waals surface area contributed by atoms with Crippen LogP contribution in [0.4, 0.5) is 18.9 Å². The summed E-state index contributed by atoms with van der Waals surface area (Å²) < 4.78 is 43.1. The maximum Gasteiger partial charge on any atom is 0.433 e. The normalized spacial score (nSPS) is 19.6. The van der Waals surface area contributed by atoms with Crippen molar-refractivity contribution in [1.29, 1.82) is 0 Å². The Balaban J connectivity index is 2.29. The summed E-state index contributed by atoms with van der Waals surface area (Å²) in [6.45, 7) is 1.24. The lowest BCUT2D eigenvalue weighted by atomic mass is 10.1. The van der Waals surface area contributed by atoms with Gasteiger partial charge in [-0.1, -0.05) is 0 Å². The van der Waals surface area contributed by atoms with Crippen molar-refractivity contribution in [3.63, 3.8) is 0 Å². The number of halogens is 3. The van der Waals surface area contributed by atoms with Gasteiger partial charge in [-0.15, -0.1) is 0 Å². The van der Waals surface area contributed by atoms with Crippen molar-refractivity contribution < 1.29 is 22.8 Å². The quantitative estimate of drug-likeness (QED) is 0.682. The molecule has 0 aliphatic carbocycles. The Hall–Kier alpha value is -1.90. The summed E-state index contributed by atoms with van der Waals surface area (Å²) in [7, 11) is 0. The van der Waals surface area contributed by atoms with Crippen molar-refractivity contribution in [1.82, 2.24) is 10.3 Å². The van der Waals surface area contributed by atoms with Crippen LogP contribution >= 0.6 is 0 Å². The molecule has 0 amide bonds. The fourth-order valence-electron chi connectivity index (χ4n) is 1.92. The summed E-state index contributed by atoms with van der Waals surface area (Å²) in [5.74, 6) is -0.397. The van der Waals surface area contributed by atoms with Crippen LogP contribution in [-0.4, -0.2) is 29.1 Å². The van der Waals surface area contributed by atoms with Crippen LogP contribution in [0.25, 0.3) is 0 Å². The molecule has 2 heterocycles. The fraction of sp³-hybridized carbons (Fsp3) is 0.545. The van der Waals surface area contributed by atoms with Crippen LogP contribution in [0, 0.1) is 10.1 Å². The Morgan fingerprint density at radius 2 is 2.25 bits per heavy atom. The topological polar surface area (TPSA) is 77.3 Å². The van der Waals surface area contributed by atoms with Crippen molar-refractivity contribution in [2.24, 2.45) is 0 Å². The van der Waals surface area contributed by atoms with Crippen molar-refractivity contribution >= 4 is 5.69 Å². The van der Waals surface area contributed by atoms with Gasteiger partial charge in [-0.05, 0) is 19.4 Å². The van der Waals surface area contributed by atoms with Gasteiger partial charge in [-0.2, -0.15) is 13.2 Å². The van der Waals surface area contributed by atoms with E-state index < -0.39 is 28.2 Å². The molecule has 1 atom stereocenters. The molecule has 1 N–H and O–H groups in total. The van der Waals surface area contributed by atoms with E-state index in [1.54, 1.807) is 0 Å². The maximum atomic E-state index is 12.6. The molecule has 1 aliphatic heterocycles. The monoisotopic (exact) mass is 291 g/mol. The third-order valence-electron chi connectivity index (χ3n) is 2.88. The van der Waals surface area contributed by atoms with E-state index in [9.17, 15) is 23.3 Å². The molecule has 2 rings (SSSR count). The van der Waals surface area contributed by atoms with E-state index in [1.807, 2.05) is 0 Å². The fourth-order valence-corrected chi connectivity index (χ4v) is 1.92. The molecule has 1 fully saturated rings. The molecule has 0 aromatic carbocycles. The van der Waals surface area contributed by atoms with Gasteiger partial charge in [0, 0.05) is 12.6 Å². The predicted octanol–water partition coefficient (Wildman–Crippen LogP) is 2.14. The summed E-state index contributed by atoms with van der Waals surface area (Å²) in [6, 6.07) is 0.576. The lowest BCUT2D eigenvalue weighted by molar-refractivity contribution is -0.386. The standard InChI is InChI=1S/C11H12F3N3O3/c12-11(13,14)10-4-9(8(6-16-10)17(18)19)20-7-2-1-3-15-5-7/h4,6-7,15H,1-3,5H2/t7-/m0/s1. The Kier molecular flexibility index (Phi) is 4.07. The molecule has 0 radical (unpaired) electrons. The molecule has 1 aromatic rings. The van der Waals surface area contributed by atoms with E-state index in [0.29, 0.717) is 25.2 Å². The Labute approximate surface area is 112 Å². The van der Waals surface area contributed by atoms with Crippen LogP contribution in [0.5, 0.6) is 5.75 Å². The number of nitrogens with one attached hydrogen (secondary N) is 1. The molecule has 1 aliphatic rings. The second kappa shape index (κ2) is 5.61. The van der Waals surface area contributed by atoms with E-state index in [0.717, 1.165) is 13.0 Å². The number of hydrogen-bond acceptors (Lipinski definition) is 5. The maximum absolute atomic E-state index is 12.6. The average molecular weight is 291 g/mol. The van der Waals surface area contributed by atoms with E-state index in [4.69, 9.17) is 4.74 Å². The zero-order valence-corrected chi connectivity index (χ0v) is 10.3. The SMILES string of the molecule is O=[N+]([O-])c1cnc(C(F)(F)F)cc1O[C@H]1CCCNC1. The first-order valence-corrected chi connectivity index (χ1v) is 5.97. The van der Waals surface area contributed by atoms with E-state index in [-0.39, 0.29) is 6.10 Å². The smallest absolute Gasteiger partial charge is 0.433 e. The first kappa shape index (κ1) is 14.5. The van der Waals surface area contributed by atoms with Gasteiger partial charge < -0.3 is 10.1 Å². The molecule has 0 bridgehead atoms. The molecule has 0 unspecified atom stereocenters. The first-order valence-electron chi connectivity index (χ1n) is 5.97. The van der Waals surface area contributed by atoms with Crippen LogP contribution in [0.15, 0.2) is 12.3 Å². The Morgan fingerprint density at radius 3 is 2.80 bits per heavy atom. The van der Waals surface area contributed by atoms with Crippen LogP contribution in [0.3, 0.4) is 0 Å². The molecule has 9 heteroatoms. The van der Waals surface area contributed by atoms with E-state index >= 15 is 0 Å². The number of ether oxygens (including phenoxy) is 1. The highest BCUT2D eigenvalue weighted by Crippen LogP contribution is 2.35. The molecule has 1 saturated heterocycles. The lowest BCUT2D eigenvalue weighted by Crippen LogP contribution is -2.37. The molecule has 20 heavy (non-hydrogen) atoms. The van der Waals surface area contributed by atoms with Crippen molar-refractivity contribution in [2.45, 2.75) is 25.1 Å². The Bertz CT molecular complexity index is 501. The number of rotatable bonds is 3. The third-order valence-corrected chi connectivity index (χ3v) is 2.88. The largest absolute Gasteiger partial charge is 0.482 e. The summed E-state index contributed by atoms with van der Waals surface area (Å²) in [4.78, 5) is 13.1. The van der Waals surface area contributed by atoms with Gasteiger partial charge >= 0.3 is 11.9 Å². The number of pyridine rings is 1. The van der Waals surface area contributed by atoms with Gasteiger partial charge in [0.25, 0.3) is 0 Å².